The average Bonchev–Trinajstić information content (AvgIpc) is 2.29. The van der Waals surface area contributed by atoms with Gasteiger partial charge in [-0.1, -0.05) is 71.8 Å². The van der Waals surface area contributed by atoms with Crippen molar-refractivity contribution in [3.05, 3.63) is 34.9 Å². The highest BCUT2D eigenvalue weighted by Crippen LogP contribution is 2.38. The Bertz CT molecular complexity index is 325. The Balaban J connectivity index is 2.01. The summed E-state index contributed by atoms with van der Waals surface area (Å²) in [5, 5.41) is 0.825. The average molecular weight is 316 g/mol. The molecule has 0 nitrogen and oxygen atoms in total. The van der Waals surface area contributed by atoms with Crippen molar-refractivity contribution in [3.8, 4) is 0 Å². The van der Waals surface area contributed by atoms with Crippen LogP contribution in [-0.4, -0.2) is 0 Å². The van der Waals surface area contributed by atoms with Gasteiger partial charge < -0.3 is 0 Å². The van der Waals surface area contributed by atoms with E-state index in [9.17, 15) is 0 Å². The van der Waals surface area contributed by atoms with Crippen molar-refractivity contribution in [2.45, 2.75) is 49.8 Å². The van der Waals surface area contributed by atoms with Crippen LogP contribution >= 0.6 is 27.5 Å². The topological polar surface area (TPSA) is 0 Å². The minimum Gasteiger partial charge on any atom is -0.0843 e. The van der Waals surface area contributed by atoms with Gasteiger partial charge in [0.1, 0.15) is 0 Å². The predicted octanol–water partition coefficient (Wildman–Crippen LogP) is 6.14. The summed E-state index contributed by atoms with van der Waals surface area (Å²) >= 11 is 9.82. The second-order valence-electron chi connectivity index (χ2n) is 5.06. The quantitative estimate of drug-likeness (QED) is 0.575. The maximum Gasteiger partial charge on any atom is 0.0423 e. The maximum absolute atomic E-state index is 5.93. The summed E-state index contributed by atoms with van der Waals surface area (Å²) in [6.45, 7) is 0. The molecule has 0 saturated heterocycles. The van der Waals surface area contributed by atoms with Crippen LogP contribution in [0.5, 0.6) is 0 Å². The van der Waals surface area contributed by atoms with Crippen molar-refractivity contribution < 1.29 is 0 Å². The van der Waals surface area contributed by atoms with Crippen molar-refractivity contribution in [3.63, 3.8) is 0 Å². The molecule has 0 heterocycles. The second kappa shape index (κ2) is 6.80. The molecular formula is C15H20BrCl. The Morgan fingerprint density at radius 3 is 2.06 bits per heavy atom. The molecule has 0 aliphatic heterocycles. The van der Waals surface area contributed by atoms with Crippen LogP contribution in [0, 0.1) is 5.92 Å². The number of benzene rings is 1. The van der Waals surface area contributed by atoms with E-state index in [-0.39, 0.29) is 0 Å². The normalized spacial score (nSPS) is 20.6. The first-order valence-electron chi connectivity index (χ1n) is 6.67. The van der Waals surface area contributed by atoms with Crippen LogP contribution in [0.3, 0.4) is 0 Å². The molecular weight excluding hydrogens is 296 g/mol. The van der Waals surface area contributed by atoms with Crippen LogP contribution < -0.4 is 0 Å². The number of hydrogen-bond acceptors (Lipinski definition) is 0. The van der Waals surface area contributed by atoms with E-state index in [2.05, 4.69) is 28.1 Å². The van der Waals surface area contributed by atoms with Gasteiger partial charge in [0.2, 0.25) is 0 Å². The van der Waals surface area contributed by atoms with E-state index in [0.29, 0.717) is 4.83 Å². The molecule has 1 fully saturated rings. The SMILES string of the molecule is Clc1ccc(C(Br)C2CCCCCCC2)cc1. The van der Waals surface area contributed by atoms with Crippen molar-refractivity contribution in [2.75, 3.05) is 0 Å². The molecule has 1 aromatic rings. The zero-order valence-electron chi connectivity index (χ0n) is 10.2. The van der Waals surface area contributed by atoms with E-state index in [0.717, 1.165) is 10.9 Å². The molecule has 1 aliphatic carbocycles. The second-order valence-corrected chi connectivity index (χ2v) is 6.48. The predicted molar refractivity (Wildman–Crippen MR) is 78.9 cm³/mol. The van der Waals surface area contributed by atoms with Gasteiger partial charge in [-0.2, -0.15) is 0 Å². The highest BCUT2D eigenvalue weighted by Gasteiger charge is 2.21. The molecule has 1 saturated carbocycles. The molecule has 1 aromatic carbocycles. The first-order chi connectivity index (χ1) is 8.27. The molecule has 1 atom stereocenters. The van der Waals surface area contributed by atoms with Gasteiger partial charge in [0.25, 0.3) is 0 Å². The molecule has 0 radical (unpaired) electrons. The minimum absolute atomic E-state index is 0.498. The van der Waals surface area contributed by atoms with Crippen LogP contribution in [0.15, 0.2) is 24.3 Å². The van der Waals surface area contributed by atoms with Gasteiger partial charge in [-0.15, -0.1) is 0 Å². The third-order valence-electron chi connectivity index (χ3n) is 3.75. The summed E-state index contributed by atoms with van der Waals surface area (Å²) in [5.74, 6) is 0.788. The molecule has 2 rings (SSSR count). The summed E-state index contributed by atoms with van der Waals surface area (Å²) in [4.78, 5) is 0.498. The standard InChI is InChI=1S/C15H20BrCl/c16-15(13-8-10-14(17)11-9-13)12-6-4-2-1-3-5-7-12/h8-12,15H,1-7H2. The van der Waals surface area contributed by atoms with Crippen LogP contribution in [-0.2, 0) is 0 Å². The van der Waals surface area contributed by atoms with E-state index in [1.54, 1.807) is 0 Å². The van der Waals surface area contributed by atoms with Gasteiger partial charge in [-0.3, -0.25) is 0 Å². The van der Waals surface area contributed by atoms with Crippen molar-refractivity contribution in [1.82, 2.24) is 0 Å². The Kier molecular flexibility index (Phi) is 5.37. The van der Waals surface area contributed by atoms with E-state index in [4.69, 9.17) is 11.6 Å². The van der Waals surface area contributed by atoms with Crippen molar-refractivity contribution in [1.29, 1.82) is 0 Å². The first-order valence-corrected chi connectivity index (χ1v) is 7.96. The van der Waals surface area contributed by atoms with Crippen LogP contribution in [0.25, 0.3) is 0 Å². The lowest BCUT2D eigenvalue weighted by Crippen LogP contribution is -2.10. The fourth-order valence-corrected chi connectivity index (χ4v) is 3.66. The molecule has 0 N–H and O–H groups in total. The van der Waals surface area contributed by atoms with Gasteiger partial charge >= 0.3 is 0 Å². The molecule has 0 aromatic heterocycles. The van der Waals surface area contributed by atoms with Crippen molar-refractivity contribution >= 4 is 27.5 Å². The molecule has 17 heavy (non-hydrogen) atoms. The molecule has 0 spiro atoms. The zero-order chi connectivity index (χ0) is 12.1. The maximum atomic E-state index is 5.93. The van der Waals surface area contributed by atoms with Gasteiger partial charge in [-0.05, 0) is 36.5 Å². The van der Waals surface area contributed by atoms with Crippen LogP contribution in [0.2, 0.25) is 5.02 Å². The third-order valence-corrected chi connectivity index (χ3v) is 5.28. The molecule has 2 heteroatoms. The molecule has 94 valence electrons. The molecule has 0 amide bonds. The Morgan fingerprint density at radius 1 is 0.941 bits per heavy atom. The highest BCUT2D eigenvalue weighted by molar-refractivity contribution is 9.09. The minimum atomic E-state index is 0.498. The van der Waals surface area contributed by atoms with E-state index in [1.807, 2.05) is 12.1 Å². The van der Waals surface area contributed by atoms with Gasteiger partial charge in [0, 0.05) is 9.85 Å². The van der Waals surface area contributed by atoms with Crippen LogP contribution in [0.4, 0.5) is 0 Å². The van der Waals surface area contributed by atoms with Gasteiger partial charge in [0.15, 0.2) is 0 Å². The van der Waals surface area contributed by atoms with Gasteiger partial charge in [0.05, 0.1) is 0 Å². The van der Waals surface area contributed by atoms with Gasteiger partial charge in [-0.25, -0.2) is 0 Å². The van der Waals surface area contributed by atoms with Crippen molar-refractivity contribution in [2.24, 2.45) is 5.92 Å². The Hall–Kier alpha value is -0.0100. The lowest BCUT2D eigenvalue weighted by molar-refractivity contribution is 0.374. The lowest BCUT2D eigenvalue weighted by atomic mass is 9.86. The Labute approximate surface area is 118 Å². The zero-order valence-corrected chi connectivity index (χ0v) is 12.5. The molecule has 0 bridgehead atoms. The number of rotatable bonds is 2. The van der Waals surface area contributed by atoms with E-state index in [1.165, 1.54) is 50.5 Å². The Morgan fingerprint density at radius 2 is 1.47 bits per heavy atom. The van der Waals surface area contributed by atoms with Crippen LogP contribution in [0.1, 0.15) is 55.3 Å². The smallest absolute Gasteiger partial charge is 0.0423 e. The fourth-order valence-electron chi connectivity index (χ4n) is 2.70. The number of alkyl halides is 1. The van der Waals surface area contributed by atoms with E-state index < -0.39 is 0 Å². The molecule has 1 unspecified atom stereocenters. The largest absolute Gasteiger partial charge is 0.0843 e. The summed E-state index contributed by atoms with van der Waals surface area (Å²) in [6.07, 6.45) is 9.76. The fraction of sp³-hybridized carbons (Fsp3) is 0.600. The summed E-state index contributed by atoms with van der Waals surface area (Å²) in [6, 6.07) is 8.29. The molecule has 1 aliphatic rings. The van der Waals surface area contributed by atoms with E-state index >= 15 is 0 Å². The number of hydrogen-bond donors (Lipinski definition) is 0. The third kappa shape index (κ3) is 3.99. The number of halogens is 2. The summed E-state index contributed by atoms with van der Waals surface area (Å²) < 4.78 is 0. The summed E-state index contributed by atoms with van der Waals surface area (Å²) in [5.41, 5.74) is 1.37. The first kappa shape index (κ1) is 13.4. The summed E-state index contributed by atoms with van der Waals surface area (Å²) in [7, 11) is 0. The lowest BCUT2D eigenvalue weighted by Gasteiger charge is -2.25. The monoisotopic (exact) mass is 314 g/mol. The highest BCUT2D eigenvalue weighted by atomic mass is 79.9.